The van der Waals surface area contributed by atoms with Gasteiger partial charge in [0, 0.05) is 19.0 Å². The first kappa shape index (κ1) is 18.0. The van der Waals surface area contributed by atoms with E-state index in [4.69, 9.17) is 22.1 Å². The molecular weight excluding hydrogens is 407 g/mol. The number of anilines is 1. The number of nitrogens with two attached hydrogens (primary N) is 1. The van der Waals surface area contributed by atoms with Gasteiger partial charge in [-0.15, -0.1) is 11.6 Å². The van der Waals surface area contributed by atoms with Gasteiger partial charge < -0.3 is 19.9 Å². The van der Waals surface area contributed by atoms with E-state index in [0.29, 0.717) is 48.0 Å². The summed E-state index contributed by atoms with van der Waals surface area (Å²) in [4.78, 5) is 27.5. The molecule has 1 aromatic carbocycles. The fourth-order valence-electron chi connectivity index (χ4n) is 4.29. The molecule has 1 fully saturated rings. The summed E-state index contributed by atoms with van der Waals surface area (Å²) >= 11 is 7.50. The van der Waals surface area contributed by atoms with Crippen LogP contribution >= 0.6 is 23.1 Å². The Morgan fingerprint density at radius 1 is 1.43 bits per heavy atom. The van der Waals surface area contributed by atoms with Crippen LogP contribution in [-0.4, -0.2) is 40.6 Å². The van der Waals surface area contributed by atoms with Gasteiger partial charge in [0.2, 0.25) is 5.43 Å². The zero-order chi connectivity index (χ0) is 19.7. The van der Waals surface area contributed by atoms with E-state index in [1.807, 2.05) is 16.4 Å². The zero-order valence-electron chi connectivity index (χ0n) is 15.0. The van der Waals surface area contributed by atoms with E-state index < -0.39 is 16.8 Å². The number of aromatic nitrogens is 2. The van der Waals surface area contributed by atoms with Crippen LogP contribution in [0.1, 0.15) is 13.0 Å². The third-order valence-electron chi connectivity index (χ3n) is 5.69. The maximum absolute atomic E-state index is 15.2. The Balaban J connectivity index is 1.87. The molecule has 2 aromatic heterocycles. The van der Waals surface area contributed by atoms with Crippen LogP contribution in [0.15, 0.2) is 15.7 Å². The number of nitrogens with one attached hydrogen (secondary N) is 1. The number of hydrogen-bond donors (Lipinski definition) is 2. The Labute approximate surface area is 167 Å². The summed E-state index contributed by atoms with van der Waals surface area (Å²) in [5.74, 6) is -0.186. The maximum Gasteiger partial charge on any atom is 0.271 e. The topological polar surface area (TPSA) is 93.3 Å². The molecule has 0 saturated carbocycles. The minimum absolute atomic E-state index is 0.0473. The van der Waals surface area contributed by atoms with E-state index in [-0.39, 0.29) is 28.1 Å². The number of hydrogen-bond acceptors (Lipinski definition) is 6. The Morgan fingerprint density at radius 2 is 2.21 bits per heavy atom. The van der Waals surface area contributed by atoms with Gasteiger partial charge >= 0.3 is 0 Å². The van der Waals surface area contributed by atoms with Crippen molar-refractivity contribution in [1.29, 1.82) is 0 Å². The SMILES string of the molecule is CC1COc2c(N3CC(Cl)C(CN)C3)c(F)cc3c(=O)c4c(=O)[nH]sc4n1c23. The quantitative estimate of drug-likeness (QED) is 0.614. The molecule has 3 aromatic rings. The molecule has 0 bridgehead atoms. The van der Waals surface area contributed by atoms with Crippen molar-refractivity contribution in [2.45, 2.75) is 18.3 Å². The van der Waals surface area contributed by atoms with Crippen molar-refractivity contribution in [3.05, 3.63) is 32.5 Å². The molecule has 5 rings (SSSR count). The van der Waals surface area contributed by atoms with Gasteiger partial charge in [0.25, 0.3) is 5.56 Å². The zero-order valence-corrected chi connectivity index (χ0v) is 16.6. The smallest absolute Gasteiger partial charge is 0.271 e. The molecule has 10 heteroatoms. The van der Waals surface area contributed by atoms with Crippen molar-refractivity contribution in [1.82, 2.24) is 8.94 Å². The van der Waals surface area contributed by atoms with Gasteiger partial charge in [-0.2, -0.15) is 0 Å². The number of H-pyrrole nitrogens is 1. The fraction of sp³-hybridized carbons (Fsp3) is 0.444. The van der Waals surface area contributed by atoms with Crippen molar-refractivity contribution in [3.8, 4) is 5.75 Å². The number of ether oxygens (including phenoxy) is 1. The lowest BCUT2D eigenvalue weighted by molar-refractivity contribution is 0.250. The van der Waals surface area contributed by atoms with Gasteiger partial charge in [-0.25, -0.2) is 4.39 Å². The van der Waals surface area contributed by atoms with Crippen molar-refractivity contribution in [2.75, 3.05) is 31.1 Å². The molecule has 3 atom stereocenters. The van der Waals surface area contributed by atoms with Crippen LogP contribution in [0, 0.1) is 11.7 Å². The Morgan fingerprint density at radius 3 is 2.93 bits per heavy atom. The number of nitrogens with zero attached hydrogens (tertiary/aromatic N) is 2. The van der Waals surface area contributed by atoms with E-state index in [0.717, 1.165) is 11.5 Å². The van der Waals surface area contributed by atoms with Crippen molar-refractivity contribution >= 4 is 49.9 Å². The molecule has 28 heavy (non-hydrogen) atoms. The van der Waals surface area contributed by atoms with Gasteiger partial charge in [-0.3, -0.25) is 14.0 Å². The Kier molecular flexibility index (Phi) is 3.98. The summed E-state index contributed by atoms with van der Waals surface area (Å²) in [7, 11) is 0. The summed E-state index contributed by atoms with van der Waals surface area (Å²) in [6.45, 7) is 3.62. The van der Waals surface area contributed by atoms with Crippen LogP contribution in [0.5, 0.6) is 5.75 Å². The molecule has 4 heterocycles. The number of aromatic amines is 1. The van der Waals surface area contributed by atoms with Crippen LogP contribution in [-0.2, 0) is 0 Å². The first-order chi connectivity index (χ1) is 13.4. The van der Waals surface area contributed by atoms with Gasteiger partial charge in [-0.1, -0.05) is 0 Å². The standard InChI is InChI=1S/C18H18ClFN4O3S/c1-7-6-27-16-13-9(15(25)12-17(26)22-28-18(12)24(7)13)2-11(20)14(16)23-4-8(3-21)10(19)5-23/h2,7-8,10H,3-6,21H2,1H3,(H,22,26). The van der Waals surface area contributed by atoms with Crippen LogP contribution in [0.25, 0.3) is 21.1 Å². The lowest BCUT2D eigenvalue weighted by Gasteiger charge is -2.31. The van der Waals surface area contributed by atoms with Gasteiger partial charge in [0.15, 0.2) is 11.6 Å². The molecule has 7 nitrogen and oxygen atoms in total. The fourth-order valence-corrected chi connectivity index (χ4v) is 5.58. The molecule has 2 aliphatic heterocycles. The molecule has 0 radical (unpaired) electrons. The van der Waals surface area contributed by atoms with E-state index >= 15 is 4.39 Å². The monoisotopic (exact) mass is 424 g/mol. The highest BCUT2D eigenvalue weighted by atomic mass is 35.5. The molecule has 148 valence electrons. The van der Waals surface area contributed by atoms with Crippen LogP contribution in [0.2, 0.25) is 0 Å². The molecule has 0 amide bonds. The number of pyridine rings is 1. The highest BCUT2D eigenvalue weighted by Gasteiger charge is 2.36. The number of rotatable bonds is 2. The normalized spacial score (nSPS) is 24.3. The van der Waals surface area contributed by atoms with Crippen molar-refractivity contribution < 1.29 is 9.13 Å². The lowest BCUT2D eigenvalue weighted by atomic mass is 10.1. The second kappa shape index (κ2) is 6.20. The molecule has 0 spiro atoms. The summed E-state index contributed by atoms with van der Waals surface area (Å²) in [5.41, 5.74) is 5.68. The van der Waals surface area contributed by atoms with E-state index in [9.17, 15) is 9.59 Å². The molecule has 2 aliphatic rings. The maximum atomic E-state index is 15.2. The second-order valence-electron chi connectivity index (χ2n) is 7.42. The average molecular weight is 425 g/mol. The minimum atomic E-state index is -0.562. The minimum Gasteiger partial charge on any atom is -0.487 e. The number of benzene rings is 1. The average Bonchev–Trinajstić information content (AvgIpc) is 3.23. The van der Waals surface area contributed by atoms with E-state index in [2.05, 4.69) is 4.37 Å². The Hall–Kier alpha value is -2.10. The van der Waals surface area contributed by atoms with Crippen LogP contribution < -0.4 is 26.4 Å². The third-order valence-corrected chi connectivity index (χ3v) is 7.06. The van der Waals surface area contributed by atoms with Crippen molar-refractivity contribution in [3.63, 3.8) is 0 Å². The van der Waals surface area contributed by atoms with Crippen LogP contribution in [0.4, 0.5) is 10.1 Å². The van der Waals surface area contributed by atoms with Crippen LogP contribution in [0.3, 0.4) is 0 Å². The highest BCUT2D eigenvalue weighted by molar-refractivity contribution is 7.12. The largest absolute Gasteiger partial charge is 0.487 e. The number of halogens is 2. The first-order valence-electron chi connectivity index (χ1n) is 9.06. The molecule has 1 saturated heterocycles. The van der Waals surface area contributed by atoms with Gasteiger partial charge in [0.1, 0.15) is 22.5 Å². The highest BCUT2D eigenvalue weighted by Crippen LogP contribution is 2.44. The molecule has 3 N–H and O–H groups in total. The predicted octanol–water partition coefficient (Wildman–Crippen LogP) is 2.00. The number of fused-ring (bicyclic) bond motifs is 2. The lowest BCUT2D eigenvalue weighted by Crippen LogP contribution is -2.29. The Bertz CT molecular complexity index is 1240. The second-order valence-corrected chi connectivity index (χ2v) is 8.78. The van der Waals surface area contributed by atoms with Crippen molar-refractivity contribution in [2.24, 2.45) is 11.7 Å². The first-order valence-corrected chi connectivity index (χ1v) is 10.3. The predicted molar refractivity (Wildman–Crippen MR) is 109 cm³/mol. The van der Waals surface area contributed by atoms with E-state index in [1.165, 1.54) is 6.07 Å². The number of alkyl halides is 1. The van der Waals surface area contributed by atoms with Gasteiger partial charge in [-0.05, 0) is 31.1 Å². The summed E-state index contributed by atoms with van der Waals surface area (Å²) in [6.07, 6.45) is 0. The summed E-state index contributed by atoms with van der Waals surface area (Å²) in [6, 6.07) is 1.10. The van der Waals surface area contributed by atoms with Gasteiger partial charge in [0.05, 0.1) is 22.3 Å². The molecule has 3 unspecified atom stereocenters. The summed E-state index contributed by atoms with van der Waals surface area (Å²) in [5, 5.41) is 0.0279. The molecule has 0 aliphatic carbocycles. The molecular formula is C18H18ClFN4O3S. The summed E-state index contributed by atoms with van der Waals surface area (Å²) < 4.78 is 25.7. The van der Waals surface area contributed by atoms with E-state index in [1.54, 1.807) is 0 Å². The third kappa shape index (κ3) is 2.29.